The molecule has 1 aromatic heterocycles. The average Bonchev–Trinajstić information content (AvgIpc) is 2.79. The Morgan fingerprint density at radius 1 is 0.824 bits per heavy atom. The maximum Gasteiger partial charge on any atom is 0.212 e. The molecule has 0 saturated carbocycles. The fourth-order valence-corrected chi connectivity index (χ4v) is 3.77. The Morgan fingerprint density at radius 3 is 2.03 bits per heavy atom. The van der Waals surface area contributed by atoms with Crippen LogP contribution in [0.1, 0.15) is 16.8 Å². The normalized spacial score (nSPS) is 11.0. The number of hydrogen-bond acceptors (Lipinski definition) is 4. The molecule has 7 heteroatoms. The summed E-state index contributed by atoms with van der Waals surface area (Å²) in [6.45, 7) is 1.82. The minimum Gasteiger partial charge on any atom is -0.744 e. The van der Waals surface area contributed by atoms with Gasteiger partial charge in [-0.15, -0.1) is 0 Å². The second-order valence-electron chi connectivity index (χ2n) is 7.96. The van der Waals surface area contributed by atoms with Crippen LogP contribution in [-0.4, -0.2) is 32.5 Å². The van der Waals surface area contributed by atoms with Crippen LogP contribution in [0.5, 0.6) is 0 Å². The average molecular weight is 479 g/mol. The van der Waals surface area contributed by atoms with E-state index in [1.54, 1.807) is 12.1 Å². The number of benzene rings is 3. The molecule has 0 atom stereocenters. The van der Waals surface area contributed by atoms with E-state index in [1.807, 2.05) is 6.92 Å². The molecule has 0 radical (unpaired) electrons. The van der Waals surface area contributed by atoms with E-state index >= 15 is 0 Å². The maximum absolute atomic E-state index is 10.4. The van der Waals surface area contributed by atoms with E-state index in [2.05, 4.69) is 103 Å². The van der Waals surface area contributed by atoms with Gasteiger partial charge in [-0.25, -0.2) is 8.42 Å². The minimum absolute atomic E-state index is 0. The summed E-state index contributed by atoms with van der Waals surface area (Å²) in [5.41, 5.74) is 5.78. The van der Waals surface area contributed by atoms with E-state index in [0.29, 0.717) is 0 Å². The highest BCUT2D eigenvalue weighted by Crippen LogP contribution is 2.15. The highest BCUT2D eigenvalue weighted by atomic mass is 32.2. The molecule has 0 spiro atoms. The molecule has 4 aromatic rings. The molecule has 0 bridgehead atoms. The zero-order valence-corrected chi connectivity index (χ0v) is 20.6. The van der Waals surface area contributed by atoms with Crippen molar-refractivity contribution >= 4 is 38.9 Å². The van der Waals surface area contributed by atoms with E-state index < -0.39 is 10.1 Å². The fourth-order valence-electron chi connectivity index (χ4n) is 3.30. The third kappa shape index (κ3) is 6.99. The Kier molecular flexibility index (Phi) is 9.09. The van der Waals surface area contributed by atoms with Crippen LogP contribution in [0.3, 0.4) is 0 Å². The summed E-state index contributed by atoms with van der Waals surface area (Å²) in [4.78, 5) is 1.93. The molecule has 1 heterocycles. The lowest BCUT2D eigenvalue weighted by molar-refractivity contribution is -0.646. The monoisotopic (exact) mass is 478 g/mol. The second kappa shape index (κ2) is 11.6. The largest absolute Gasteiger partial charge is 0.744 e. The number of aromatic nitrogens is 1. The molecule has 0 fully saturated rings. The number of fused-ring (bicyclic) bond motifs is 1. The van der Waals surface area contributed by atoms with Crippen molar-refractivity contribution in [1.29, 1.82) is 0 Å². The molecule has 0 aliphatic heterocycles. The number of nitrogens with zero attached hydrogens (tertiary/aromatic N) is 2. The van der Waals surface area contributed by atoms with Crippen LogP contribution in [-0.2, 0) is 17.2 Å². The molecule has 178 valence electrons. The minimum atomic E-state index is -4.27. The maximum atomic E-state index is 10.4. The first-order chi connectivity index (χ1) is 15.6. The zero-order valence-electron chi connectivity index (χ0n) is 19.8. The van der Waals surface area contributed by atoms with Gasteiger partial charge in [-0.3, -0.25) is 0 Å². The van der Waals surface area contributed by atoms with Gasteiger partial charge >= 0.3 is 0 Å². The van der Waals surface area contributed by atoms with E-state index in [0.717, 1.165) is 5.56 Å². The Hall–Kier alpha value is -3.52. The van der Waals surface area contributed by atoms with Crippen molar-refractivity contribution in [2.75, 3.05) is 19.0 Å². The van der Waals surface area contributed by atoms with E-state index in [9.17, 15) is 13.0 Å². The summed E-state index contributed by atoms with van der Waals surface area (Å²) in [6.07, 6.45) is 4.32. The van der Waals surface area contributed by atoms with Gasteiger partial charge in [0.2, 0.25) is 11.2 Å². The van der Waals surface area contributed by atoms with Crippen molar-refractivity contribution in [3.8, 4) is 0 Å². The zero-order chi connectivity index (χ0) is 24.0. The van der Waals surface area contributed by atoms with Crippen LogP contribution in [0.25, 0.3) is 23.1 Å². The van der Waals surface area contributed by atoms with Crippen LogP contribution in [0.15, 0.2) is 89.8 Å². The molecule has 0 unspecified atom stereocenters. The third-order valence-corrected chi connectivity index (χ3v) is 6.13. The lowest BCUT2D eigenvalue weighted by atomic mass is 10.1. The number of para-hydroxylation sites is 1. The van der Waals surface area contributed by atoms with Gasteiger partial charge in [0, 0.05) is 43.4 Å². The van der Waals surface area contributed by atoms with E-state index in [1.165, 1.54) is 40.0 Å². The number of anilines is 1. The number of hydrogen-bond donors (Lipinski definition) is 0. The van der Waals surface area contributed by atoms with Gasteiger partial charge in [0.15, 0.2) is 0 Å². The van der Waals surface area contributed by atoms with Crippen molar-refractivity contribution < 1.29 is 23.0 Å². The predicted octanol–water partition coefficient (Wildman–Crippen LogP) is 3.98. The molecule has 0 amide bonds. The highest BCUT2D eigenvalue weighted by molar-refractivity contribution is 7.85. The van der Waals surface area contributed by atoms with Crippen molar-refractivity contribution in [1.82, 2.24) is 0 Å². The summed E-state index contributed by atoms with van der Waals surface area (Å²) in [5.74, 6) is 0. The van der Waals surface area contributed by atoms with Crippen molar-refractivity contribution in [2.45, 2.75) is 11.8 Å². The highest BCUT2D eigenvalue weighted by Gasteiger charge is 2.08. The van der Waals surface area contributed by atoms with E-state index in [4.69, 9.17) is 0 Å². The van der Waals surface area contributed by atoms with E-state index in [-0.39, 0.29) is 10.4 Å². The Balaban J connectivity index is 0.000000289. The van der Waals surface area contributed by atoms with Crippen molar-refractivity contribution in [2.24, 2.45) is 7.05 Å². The van der Waals surface area contributed by atoms with Crippen molar-refractivity contribution in [3.63, 3.8) is 0 Å². The molecule has 34 heavy (non-hydrogen) atoms. The molecule has 0 aliphatic carbocycles. The molecular formula is C27H30N2O4S. The summed E-state index contributed by atoms with van der Waals surface area (Å²) < 4.78 is 33.4. The number of rotatable bonds is 4. The molecule has 0 saturated heterocycles. The lowest BCUT2D eigenvalue weighted by Gasteiger charge is -2.11. The van der Waals surface area contributed by atoms with Crippen LogP contribution in [0.2, 0.25) is 0 Å². The predicted molar refractivity (Wildman–Crippen MR) is 138 cm³/mol. The molecule has 6 nitrogen and oxygen atoms in total. The molecule has 2 N–H and O–H groups in total. The van der Waals surface area contributed by atoms with Crippen LogP contribution in [0, 0.1) is 6.92 Å². The lowest BCUT2D eigenvalue weighted by Crippen LogP contribution is -2.32. The topological polar surface area (TPSA) is 95.8 Å². The molecule has 0 aliphatic rings. The molecule has 4 rings (SSSR count). The molecule has 3 aromatic carbocycles. The van der Waals surface area contributed by atoms with Gasteiger partial charge in [-0.2, -0.15) is 4.57 Å². The van der Waals surface area contributed by atoms with Gasteiger partial charge < -0.3 is 14.9 Å². The van der Waals surface area contributed by atoms with Gasteiger partial charge in [-0.05, 0) is 55.0 Å². The van der Waals surface area contributed by atoms with Crippen LogP contribution >= 0.6 is 0 Å². The first-order valence-electron chi connectivity index (χ1n) is 10.5. The smallest absolute Gasteiger partial charge is 0.212 e. The standard InChI is InChI=1S/C20H21N2.C7H8O3S.H2O/c1-21(2)18-12-8-16(9-13-18)10-14-19-15-11-17-6-4-5-7-20(17)22(19)3;1-6-2-4-7(5-3-6)11(8,9)10;/h4-15H,1-3H3;2-5H,1H3,(H,8,9,10);1H2/q+1;;/p-1. The SMILES string of the molecule is CN(C)c1ccc(/C=C/c2ccc3ccccc3[n+]2C)cc1.Cc1ccc(S(=O)(=O)[O-])cc1.O. The number of aryl methyl sites for hydroxylation is 2. The van der Waals surface area contributed by atoms with Gasteiger partial charge in [0.05, 0.1) is 4.90 Å². The van der Waals surface area contributed by atoms with Crippen LogP contribution in [0.4, 0.5) is 5.69 Å². The van der Waals surface area contributed by atoms with Gasteiger partial charge in [-0.1, -0.05) is 42.0 Å². The Bertz CT molecular complexity index is 1360. The first kappa shape index (κ1) is 26.7. The quantitative estimate of drug-likeness (QED) is 0.327. The van der Waals surface area contributed by atoms with Gasteiger partial charge in [0.1, 0.15) is 17.2 Å². The van der Waals surface area contributed by atoms with Crippen LogP contribution < -0.4 is 9.47 Å². The summed E-state index contributed by atoms with van der Waals surface area (Å²) in [7, 11) is 1.95. The first-order valence-corrected chi connectivity index (χ1v) is 11.9. The summed E-state index contributed by atoms with van der Waals surface area (Å²) in [5, 5.41) is 1.26. The van der Waals surface area contributed by atoms with Gasteiger partial charge in [0.25, 0.3) is 0 Å². The number of pyridine rings is 1. The fraction of sp³-hybridized carbons (Fsp3) is 0.148. The second-order valence-corrected chi connectivity index (χ2v) is 9.34. The Morgan fingerprint density at radius 2 is 1.44 bits per heavy atom. The Labute approximate surface area is 201 Å². The van der Waals surface area contributed by atoms with Crippen molar-refractivity contribution in [3.05, 3.63) is 102 Å². The third-order valence-electron chi connectivity index (χ3n) is 5.28. The summed E-state index contributed by atoms with van der Waals surface area (Å²) in [6, 6.07) is 27.1. The summed E-state index contributed by atoms with van der Waals surface area (Å²) >= 11 is 0. The molecular weight excluding hydrogens is 448 g/mol.